The van der Waals surface area contributed by atoms with Gasteiger partial charge in [-0.2, -0.15) is 13.2 Å². The van der Waals surface area contributed by atoms with Crippen molar-refractivity contribution in [2.45, 2.75) is 38.9 Å². The molecule has 0 aromatic rings. The van der Waals surface area contributed by atoms with Gasteiger partial charge >= 0.3 is 12.1 Å². The minimum absolute atomic E-state index is 0.110. The smallest absolute Gasteiger partial charge is 0.404 e. The third-order valence-corrected chi connectivity index (χ3v) is 4.09. The van der Waals surface area contributed by atoms with Crippen molar-refractivity contribution in [2.24, 2.45) is 11.3 Å². The van der Waals surface area contributed by atoms with Gasteiger partial charge in [0.05, 0.1) is 7.11 Å². The van der Waals surface area contributed by atoms with E-state index >= 15 is 0 Å². The monoisotopic (exact) mass is 310 g/mol. The van der Waals surface area contributed by atoms with Gasteiger partial charge in [-0.05, 0) is 18.9 Å². The summed E-state index contributed by atoms with van der Waals surface area (Å²) in [6.07, 6.45) is -4.48. The molecule has 8 heteroatoms. The van der Waals surface area contributed by atoms with Crippen LogP contribution in [0.25, 0.3) is 0 Å². The second-order valence-electron chi connectivity index (χ2n) is 5.37. The van der Waals surface area contributed by atoms with Crippen LogP contribution in [0.4, 0.5) is 13.2 Å². The summed E-state index contributed by atoms with van der Waals surface area (Å²) in [5.74, 6) is -2.22. The Hall–Kier alpha value is -1.31. The van der Waals surface area contributed by atoms with Crippen molar-refractivity contribution in [3.05, 3.63) is 0 Å². The molecule has 1 saturated heterocycles. The average molecular weight is 310 g/mol. The third-order valence-electron chi connectivity index (χ3n) is 4.09. The van der Waals surface area contributed by atoms with Crippen molar-refractivity contribution < 1.29 is 27.5 Å². The second kappa shape index (κ2) is 6.64. The highest BCUT2D eigenvalue weighted by molar-refractivity contribution is 5.89. The minimum atomic E-state index is -4.67. The van der Waals surface area contributed by atoms with Crippen molar-refractivity contribution in [1.82, 2.24) is 10.6 Å². The Bertz CT molecular complexity index is 393. The van der Waals surface area contributed by atoms with E-state index in [0.29, 0.717) is 6.42 Å². The highest BCUT2D eigenvalue weighted by Crippen LogP contribution is 2.43. The summed E-state index contributed by atoms with van der Waals surface area (Å²) in [7, 11) is 1.14. The Morgan fingerprint density at radius 1 is 1.43 bits per heavy atom. The van der Waals surface area contributed by atoms with Crippen LogP contribution < -0.4 is 10.6 Å². The number of ether oxygens (including phenoxy) is 1. The molecule has 0 bridgehead atoms. The van der Waals surface area contributed by atoms with Gasteiger partial charge in [0.25, 0.3) is 0 Å². The summed E-state index contributed by atoms with van der Waals surface area (Å²) in [5.41, 5.74) is -2.48. The molecule has 1 fully saturated rings. The lowest BCUT2D eigenvalue weighted by Gasteiger charge is -2.32. The number of halogens is 3. The van der Waals surface area contributed by atoms with Gasteiger partial charge in [0.2, 0.25) is 5.91 Å². The highest BCUT2D eigenvalue weighted by Gasteiger charge is 2.61. The van der Waals surface area contributed by atoms with Crippen LogP contribution in [0.5, 0.6) is 0 Å². The largest absolute Gasteiger partial charge is 0.467 e. The standard InChI is InChI=1S/C13H21F3N2O3/c1-4-8(2)9(10(19)21-3)18-11(20)12(13(14,15)16)5-6-17-7-12/h8-9,17H,4-7H2,1-3H3,(H,18,20). The molecule has 21 heavy (non-hydrogen) atoms. The maximum atomic E-state index is 13.3. The lowest BCUT2D eigenvalue weighted by atomic mass is 9.84. The number of carbonyl (C=O) groups is 2. The van der Waals surface area contributed by atoms with Gasteiger partial charge in [-0.3, -0.25) is 4.79 Å². The summed E-state index contributed by atoms with van der Waals surface area (Å²) in [6.45, 7) is 3.09. The van der Waals surface area contributed by atoms with E-state index in [0.717, 1.165) is 7.11 Å². The van der Waals surface area contributed by atoms with Crippen molar-refractivity contribution in [2.75, 3.05) is 20.2 Å². The quantitative estimate of drug-likeness (QED) is 0.750. The number of hydrogen-bond donors (Lipinski definition) is 2. The number of carbonyl (C=O) groups excluding carboxylic acids is 2. The van der Waals surface area contributed by atoms with Gasteiger partial charge in [0, 0.05) is 6.54 Å². The molecule has 3 unspecified atom stereocenters. The van der Waals surface area contributed by atoms with Crippen LogP contribution in [-0.4, -0.2) is 44.3 Å². The predicted molar refractivity (Wildman–Crippen MR) is 69.4 cm³/mol. The Morgan fingerprint density at radius 3 is 2.43 bits per heavy atom. The second-order valence-corrected chi connectivity index (χ2v) is 5.37. The number of methoxy groups -OCH3 is 1. The van der Waals surface area contributed by atoms with Gasteiger partial charge in [0.1, 0.15) is 6.04 Å². The number of hydrogen-bond acceptors (Lipinski definition) is 4. The molecule has 0 radical (unpaired) electrons. The molecular weight excluding hydrogens is 289 g/mol. The lowest BCUT2D eigenvalue weighted by molar-refractivity contribution is -0.216. The Labute approximate surface area is 121 Å². The fourth-order valence-corrected chi connectivity index (χ4v) is 2.33. The Morgan fingerprint density at radius 2 is 2.05 bits per heavy atom. The number of esters is 1. The van der Waals surface area contributed by atoms with E-state index in [-0.39, 0.29) is 18.9 Å². The fourth-order valence-electron chi connectivity index (χ4n) is 2.33. The predicted octanol–water partition coefficient (Wildman–Crippen LogP) is 1.23. The molecule has 1 heterocycles. The van der Waals surface area contributed by atoms with Crippen LogP contribution in [0.1, 0.15) is 26.7 Å². The molecule has 1 amide bonds. The molecule has 5 nitrogen and oxygen atoms in total. The summed E-state index contributed by atoms with van der Waals surface area (Å²) in [5, 5.41) is 4.80. The van der Waals surface area contributed by atoms with E-state index in [4.69, 9.17) is 0 Å². The van der Waals surface area contributed by atoms with Crippen LogP contribution in [0.15, 0.2) is 0 Å². The van der Waals surface area contributed by atoms with Gasteiger partial charge in [-0.1, -0.05) is 20.3 Å². The summed E-state index contributed by atoms with van der Waals surface area (Å²) < 4.78 is 44.4. The number of amides is 1. The number of alkyl halides is 3. The van der Waals surface area contributed by atoms with Crippen LogP contribution in [-0.2, 0) is 14.3 Å². The lowest BCUT2D eigenvalue weighted by Crippen LogP contribution is -2.57. The summed E-state index contributed by atoms with van der Waals surface area (Å²) in [6, 6.07) is -1.08. The minimum Gasteiger partial charge on any atom is -0.467 e. The normalized spacial score (nSPS) is 25.2. The Balaban J connectivity index is 2.97. The van der Waals surface area contributed by atoms with Crippen LogP contribution in [0.2, 0.25) is 0 Å². The molecular formula is C13H21F3N2O3. The third kappa shape index (κ3) is 3.48. The first kappa shape index (κ1) is 17.7. The van der Waals surface area contributed by atoms with Crippen molar-refractivity contribution >= 4 is 11.9 Å². The first-order valence-electron chi connectivity index (χ1n) is 6.86. The molecule has 3 atom stereocenters. The van der Waals surface area contributed by atoms with E-state index in [2.05, 4.69) is 15.4 Å². The molecule has 0 spiro atoms. The summed E-state index contributed by atoms with van der Waals surface area (Å²) in [4.78, 5) is 23.9. The molecule has 2 N–H and O–H groups in total. The molecule has 122 valence electrons. The zero-order chi connectivity index (χ0) is 16.3. The molecule has 1 rings (SSSR count). The van der Waals surface area contributed by atoms with Crippen LogP contribution >= 0.6 is 0 Å². The van der Waals surface area contributed by atoms with Crippen molar-refractivity contribution in [1.29, 1.82) is 0 Å². The SMILES string of the molecule is CCC(C)C(NC(=O)C1(C(F)(F)F)CCNC1)C(=O)OC. The van der Waals surface area contributed by atoms with Crippen LogP contribution in [0, 0.1) is 11.3 Å². The van der Waals surface area contributed by atoms with Gasteiger partial charge < -0.3 is 15.4 Å². The maximum Gasteiger partial charge on any atom is 0.404 e. The highest BCUT2D eigenvalue weighted by atomic mass is 19.4. The van der Waals surface area contributed by atoms with Crippen molar-refractivity contribution in [3.8, 4) is 0 Å². The van der Waals surface area contributed by atoms with E-state index in [1.165, 1.54) is 0 Å². The molecule has 0 aromatic heterocycles. The van der Waals surface area contributed by atoms with Gasteiger partial charge in [0.15, 0.2) is 5.41 Å². The molecule has 0 aromatic carbocycles. The van der Waals surface area contributed by atoms with E-state index in [1.54, 1.807) is 13.8 Å². The molecule has 1 aliphatic rings. The van der Waals surface area contributed by atoms with E-state index in [9.17, 15) is 22.8 Å². The first-order chi connectivity index (χ1) is 9.69. The number of rotatable bonds is 5. The molecule has 0 saturated carbocycles. The summed E-state index contributed by atoms with van der Waals surface area (Å²) >= 11 is 0. The molecule has 0 aliphatic carbocycles. The number of nitrogens with one attached hydrogen (secondary N) is 2. The van der Waals surface area contributed by atoms with Crippen LogP contribution in [0.3, 0.4) is 0 Å². The van der Waals surface area contributed by atoms with Crippen molar-refractivity contribution in [3.63, 3.8) is 0 Å². The average Bonchev–Trinajstić information content (AvgIpc) is 2.93. The Kier molecular flexibility index (Phi) is 5.61. The zero-order valence-electron chi connectivity index (χ0n) is 12.3. The fraction of sp³-hybridized carbons (Fsp3) is 0.846. The zero-order valence-corrected chi connectivity index (χ0v) is 12.3. The van der Waals surface area contributed by atoms with E-state index in [1.807, 2.05) is 0 Å². The van der Waals surface area contributed by atoms with Gasteiger partial charge in [-0.25, -0.2) is 4.79 Å². The molecule has 1 aliphatic heterocycles. The van der Waals surface area contributed by atoms with E-state index < -0.39 is 36.1 Å². The maximum absolute atomic E-state index is 13.3. The first-order valence-corrected chi connectivity index (χ1v) is 6.86. The topological polar surface area (TPSA) is 67.4 Å². The van der Waals surface area contributed by atoms with Gasteiger partial charge in [-0.15, -0.1) is 0 Å².